The first-order chi connectivity index (χ1) is 7.58. The van der Waals surface area contributed by atoms with Gasteiger partial charge in [-0.2, -0.15) is 0 Å². The summed E-state index contributed by atoms with van der Waals surface area (Å²) in [5, 5.41) is 1.27. The lowest BCUT2D eigenvalue weighted by Crippen LogP contribution is -2.45. The van der Waals surface area contributed by atoms with Crippen LogP contribution >= 0.6 is 0 Å². The fourth-order valence-corrected chi connectivity index (χ4v) is 4.18. The highest BCUT2D eigenvalue weighted by Crippen LogP contribution is 2.07. The molecule has 1 heterocycles. The Morgan fingerprint density at radius 1 is 1.25 bits per heavy atom. The number of hydrogen-bond acceptors (Lipinski definition) is 1. The molecule has 0 saturated carbocycles. The normalized spacial score (nSPS) is 11.7. The summed E-state index contributed by atoms with van der Waals surface area (Å²) in [6.07, 6.45) is 6.56. The predicted molar refractivity (Wildman–Crippen MR) is 65.7 cm³/mol. The van der Waals surface area contributed by atoms with Crippen LogP contribution < -0.4 is 5.19 Å². The Labute approximate surface area is 95.8 Å². The number of imidazole rings is 1. The molecule has 0 fully saturated rings. The van der Waals surface area contributed by atoms with E-state index < -0.39 is 8.07 Å². The number of rotatable bonds is 3. The lowest BCUT2D eigenvalue weighted by Gasteiger charge is -2.23. The van der Waals surface area contributed by atoms with Gasteiger partial charge in [-0.05, 0) is 12.1 Å². The third kappa shape index (κ3) is 2.39. The topological polar surface area (TPSA) is 17.8 Å². The Hall–Kier alpha value is -1.42. The minimum atomic E-state index is -1.55. The third-order valence-corrected chi connectivity index (χ3v) is 5.81. The van der Waals surface area contributed by atoms with Gasteiger partial charge in [0.05, 0.1) is 6.33 Å². The average molecular weight is 234 g/mol. The van der Waals surface area contributed by atoms with Crippen molar-refractivity contribution < 1.29 is 4.39 Å². The second-order valence-electron chi connectivity index (χ2n) is 4.63. The van der Waals surface area contributed by atoms with Crippen molar-refractivity contribution >= 4 is 13.3 Å². The third-order valence-electron chi connectivity index (χ3n) is 2.76. The zero-order chi connectivity index (χ0) is 11.6. The smallest absolute Gasteiger partial charge is 0.123 e. The molecule has 0 unspecified atom stereocenters. The van der Waals surface area contributed by atoms with Crippen LogP contribution in [0.5, 0.6) is 0 Å². The quantitative estimate of drug-likeness (QED) is 0.744. The largest absolute Gasteiger partial charge is 0.340 e. The van der Waals surface area contributed by atoms with E-state index in [1.54, 1.807) is 6.20 Å². The van der Waals surface area contributed by atoms with Crippen LogP contribution in [0.1, 0.15) is 0 Å². The van der Waals surface area contributed by atoms with Crippen LogP contribution in [-0.4, -0.2) is 17.6 Å². The standard InChI is InChI=1S/C12H15FN2Si/c1-16(2,10-15-8-7-14-9-15)12-5-3-11(13)4-6-12/h3-9H,10H2,1-2H3. The van der Waals surface area contributed by atoms with Gasteiger partial charge in [0.1, 0.15) is 13.9 Å². The molecular weight excluding hydrogens is 219 g/mol. The van der Waals surface area contributed by atoms with E-state index in [0.717, 1.165) is 6.17 Å². The molecular formula is C12H15FN2Si. The van der Waals surface area contributed by atoms with E-state index in [2.05, 4.69) is 22.6 Å². The Morgan fingerprint density at radius 3 is 2.50 bits per heavy atom. The predicted octanol–water partition coefficient (Wildman–Crippen LogP) is 2.18. The molecule has 16 heavy (non-hydrogen) atoms. The first-order valence-electron chi connectivity index (χ1n) is 5.30. The van der Waals surface area contributed by atoms with Crippen molar-refractivity contribution in [1.82, 2.24) is 9.55 Å². The van der Waals surface area contributed by atoms with E-state index in [9.17, 15) is 4.39 Å². The number of nitrogens with zero attached hydrogens (tertiary/aromatic N) is 2. The zero-order valence-electron chi connectivity index (χ0n) is 9.52. The lowest BCUT2D eigenvalue weighted by atomic mass is 10.3. The SMILES string of the molecule is C[Si](C)(Cn1ccnc1)c1ccc(F)cc1. The summed E-state index contributed by atoms with van der Waals surface area (Å²) in [6, 6.07) is 6.88. The second-order valence-corrected chi connectivity index (χ2v) is 9.29. The van der Waals surface area contributed by atoms with Gasteiger partial charge in [-0.1, -0.05) is 30.4 Å². The van der Waals surface area contributed by atoms with Gasteiger partial charge in [-0.15, -0.1) is 0 Å². The summed E-state index contributed by atoms with van der Waals surface area (Å²) >= 11 is 0. The van der Waals surface area contributed by atoms with Gasteiger partial charge in [0.15, 0.2) is 0 Å². The molecule has 84 valence electrons. The molecule has 2 nitrogen and oxygen atoms in total. The fourth-order valence-electron chi connectivity index (χ4n) is 1.83. The van der Waals surface area contributed by atoms with Gasteiger partial charge in [0, 0.05) is 18.6 Å². The maximum Gasteiger partial charge on any atom is 0.123 e. The maximum absolute atomic E-state index is 12.9. The van der Waals surface area contributed by atoms with Gasteiger partial charge in [-0.3, -0.25) is 0 Å². The summed E-state index contributed by atoms with van der Waals surface area (Å²) in [4.78, 5) is 4.04. The highest BCUT2D eigenvalue weighted by atomic mass is 28.3. The van der Waals surface area contributed by atoms with Crippen molar-refractivity contribution in [2.24, 2.45) is 0 Å². The molecule has 0 N–H and O–H groups in total. The van der Waals surface area contributed by atoms with Crippen molar-refractivity contribution in [3.63, 3.8) is 0 Å². The van der Waals surface area contributed by atoms with E-state index in [-0.39, 0.29) is 5.82 Å². The van der Waals surface area contributed by atoms with Gasteiger partial charge in [-0.25, -0.2) is 9.37 Å². The van der Waals surface area contributed by atoms with Gasteiger partial charge >= 0.3 is 0 Å². The van der Waals surface area contributed by atoms with Crippen LogP contribution in [0.2, 0.25) is 13.1 Å². The molecule has 1 aromatic heterocycles. The molecule has 0 aliphatic heterocycles. The van der Waals surface area contributed by atoms with Crippen molar-refractivity contribution in [1.29, 1.82) is 0 Å². The summed E-state index contributed by atoms with van der Waals surface area (Å²) in [7, 11) is -1.55. The van der Waals surface area contributed by atoms with Crippen LogP contribution in [0.3, 0.4) is 0 Å². The van der Waals surface area contributed by atoms with Crippen LogP contribution in [0.15, 0.2) is 43.0 Å². The molecule has 0 radical (unpaired) electrons. The summed E-state index contributed by atoms with van der Waals surface area (Å²) in [5.74, 6) is -0.170. The summed E-state index contributed by atoms with van der Waals surface area (Å²) in [5.41, 5.74) is 0. The Bertz CT molecular complexity index is 448. The molecule has 4 heteroatoms. The van der Waals surface area contributed by atoms with E-state index in [1.807, 2.05) is 24.7 Å². The van der Waals surface area contributed by atoms with Crippen molar-refractivity contribution in [2.45, 2.75) is 19.3 Å². The van der Waals surface area contributed by atoms with Crippen molar-refractivity contribution in [3.8, 4) is 0 Å². The van der Waals surface area contributed by atoms with Crippen LogP contribution in [0, 0.1) is 5.82 Å². The van der Waals surface area contributed by atoms with Gasteiger partial charge < -0.3 is 4.57 Å². The van der Waals surface area contributed by atoms with Gasteiger partial charge in [0.25, 0.3) is 0 Å². The monoisotopic (exact) mass is 234 g/mol. The average Bonchev–Trinajstić information content (AvgIpc) is 2.70. The highest BCUT2D eigenvalue weighted by molar-refractivity contribution is 6.88. The minimum Gasteiger partial charge on any atom is -0.340 e. The fraction of sp³-hybridized carbons (Fsp3) is 0.250. The van der Waals surface area contributed by atoms with E-state index in [0.29, 0.717) is 0 Å². The molecule has 0 atom stereocenters. The molecule has 0 spiro atoms. The van der Waals surface area contributed by atoms with E-state index >= 15 is 0 Å². The van der Waals surface area contributed by atoms with Crippen molar-refractivity contribution in [2.75, 3.05) is 0 Å². The van der Waals surface area contributed by atoms with Crippen LogP contribution in [0.25, 0.3) is 0 Å². The number of benzene rings is 1. The number of halogens is 1. The number of hydrogen-bond donors (Lipinski definition) is 0. The number of aromatic nitrogens is 2. The van der Waals surface area contributed by atoms with Crippen LogP contribution in [-0.2, 0) is 6.17 Å². The van der Waals surface area contributed by atoms with Crippen LogP contribution in [0.4, 0.5) is 4.39 Å². The summed E-state index contributed by atoms with van der Waals surface area (Å²) < 4.78 is 14.9. The first kappa shape index (κ1) is 11.1. The summed E-state index contributed by atoms with van der Waals surface area (Å²) in [6.45, 7) is 4.56. The molecule has 2 rings (SSSR count). The molecule has 1 aromatic carbocycles. The highest BCUT2D eigenvalue weighted by Gasteiger charge is 2.23. The molecule has 2 aromatic rings. The molecule has 0 saturated heterocycles. The van der Waals surface area contributed by atoms with E-state index in [1.165, 1.54) is 17.3 Å². The first-order valence-corrected chi connectivity index (χ1v) is 8.50. The Kier molecular flexibility index (Phi) is 2.92. The van der Waals surface area contributed by atoms with Gasteiger partial charge in [0.2, 0.25) is 0 Å². The van der Waals surface area contributed by atoms with E-state index in [4.69, 9.17) is 0 Å². The molecule has 0 amide bonds. The molecule has 0 aliphatic carbocycles. The maximum atomic E-state index is 12.9. The van der Waals surface area contributed by atoms with Crippen molar-refractivity contribution in [3.05, 3.63) is 48.8 Å². The second kappa shape index (κ2) is 4.21. The minimum absolute atomic E-state index is 0.170. The molecule has 0 aliphatic rings. The zero-order valence-corrected chi connectivity index (χ0v) is 10.5. The Morgan fingerprint density at radius 2 is 1.94 bits per heavy atom. The molecule has 0 bridgehead atoms. The lowest BCUT2D eigenvalue weighted by molar-refractivity contribution is 0.628. The Balaban J connectivity index is 2.21.